The van der Waals surface area contributed by atoms with Crippen LogP contribution in [0.1, 0.15) is 0 Å². The molecule has 0 bridgehead atoms. The van der Waals surface area contributed by atoms with Crippen molar-refractivity contribution in [1.29, 1.82) is 0 Å². The molecule has 3 aromatic rings. The Kier molecular flexibility index (Phi) is 3.09. The quantitative estimate of drug-likeness (QED) is 0.739. The number of nitrogens with two attached hydrogens (primary N) is 1. The molecule has 1 aromatic heterocycles. The summed E-state index contributed by atoms with van der Waals surface area (Å²) in [6, 6.07) is 13.0. The van der Waals surface area contributed by atoms with Crippen molar-refractivity contribution >= 4 is 16.5 Å². The molecule has 1 heterocycles. The molecular formula is C15H13N3O2. The molecule has 5 nitrogen and oxygen atoms in total. The fourth-order valence-electron chi connectivity index (χ4n) is 1.91. The summed E-state index contributed by atoms with van der Waals surface area (Å²) in [6.45, 7) is 0. The highest BCUT2D eigenvalue weighted by molar-refractivity contribution is 5.86. The number of ether oxygens (including phenoxy) is 2. The lowest BCUT2D eigenvalue weighted by Crippen LogP contribution is -1.96. The Morgan fingerprint density at radius 3 is 2.80 bits per heavy atom. The third kappa shape index (κ3) is 2.21. The van der Waals surface area contributed by atoms with Gasteiger partial charge in [0.15, 0.2) is 5.75 Å². The fraction of sp³-hybridized carbons (Fsp3) is 0.0667. The van der Waals surface area contributed by atoms with Crippen LogP contribution in [0.2, 0.25) is 0 Å². The minimum absolute atomic E-state index is 0.419. The molecule has 20 heavy (non-hydrogen) atoms. The average molecular weight is 267 g/mol. The van der Waals surface area contributed by atoms with Gasteiger partial charge in [0.25, 0.3) is 0 Å². The molecule has 0 saturated carbocycles. The Morgan fingerprint density at radius 1 is 1.10 bits per heavy atom. The van der Waals surface area contributed by atoms with E-state index in [0.717, 1.165) is 10.8 Å². The first-order chi connectivity index (χ1) is 9.78. The summed E-state index contributed by atoms with van der Waals surface area (Å²) >= 11 is 0. The van der Waals surface area contributed by atoms with Crippen LogP contribution in [0.5, 0.6) is 17.4 Å². The van der Waals surface area contributed by atoms with Crippen LogP contribution in [-0.2, 0) is 0 Å². The van der Waals surface area contributed by atoms with Crippen molar-refractivity contribution in [1.82, 2.24) is 10.2 Å². The zero-order chi connectivity index (χ0) is 13.9. The molecule has 0 aliphatic rings. The number of rotatable bonds is 3. The van der Waals surface area contributed by atoms with E-state index in [0.29, 0.717) is 23.1 Å². The number of aromatic nitrogens is 2. The Labute approximate surface area is 116 Å². The molecule has 5 heteroatoms. The van der Waals surface area contributed by atoms with E-state index in [2.05, 4.69) is 10.2 Å². The number of nitrogen functional groups attached to an aromatic ring is 1. The molecule has 0 fully saturated rings. The van der Waals surface area contributed by atoms with E-state index in [-0.39, 0.29) is 0 Å². The van der Waals surface area contributed by atoms with Gasteiger partial charge in [0.1, 0.15) is 5.75 Å². The number of fused-ring (bicyclic) bond motifs is 1. The lowest BCUT2D eigenvalue weighted by molar-refractivity contribution is 0.408. The number of hydrogen-bond acceptors (Lipinski definition) is 5. The molecule has 2 N–H and O–H groups in total. The van der Waals surface area contributed by atoms with E-state index in [1.807, 2.05) is 24.3 Å². The molecule has 3 rings (SSSR count). The topological polar surface area (TPSA) is 70.3 Å². The first kappa shape index (κ1) is 12.2. The lowest BCUT2D eigenvalue weighted by atomic mass is 10.2. The highest BCUT2D eigenvalue weighted by Gasteiger charge is 2.09. The monoisotopic (exact) mass is 267 g/mol. The maximum Gasteiger partial charge on any atom is 0.246 e. The molecule has 2 aromatic carbocycles. The summed E-state index contributed by atoms with van der Waals surface area (Å²) in [4.78, 5) is 0. The van der Waals surface area contributed by atoms with Gasteiger partial charge in [0, 0.05) is 16.8 Å². The Bertz CT molecular complexity index is 754. The van der Waals surface area contributed by atoms with Crippen LogP contribution in [0.3, 0.4) is 0 Å². The average Bonchev–Trinajstić information content (AvgIpc) is 2.50. The van der Waals surface area contributed by atoms with Gasteiger partial charge in [-0.2, -0.15) is 5.10 Å². The Balaban J connectivity index is 2.05. The maximum absolute atomic E-state index is 5.91. The van der Waals surface area contributed by atoms with Gasteiger partial charge < -0.3 is 15.2 Å². The van der Waals surface area contributed by atoms with Crippen molar-refractivity contribution in [3.63, 3.8) is 0 Å². The van der Waals surface area contributed by atoms with Crippen molar-refractivity contribution in [3.8, 4) is 17.4 Å². The molecular weight excluding hydrogens is 254 g/mol. The molecule has 0 aliphatic carbocycles. The largest absolute Gasteiger partial charge is 0.497 e. The van der Waals surface area contributed by atoms with Crippen LogP contribution in [0, 0.1) is 0 Å². The van der Waals surface area contributed by atoms with E-state index in [9.17, 15) is 0 Å². The summed E-state index contributed by atoms with van der Waals surface area (Å²) in [6.07, 6.45) is 1.69. The van der Waals surface area contributed by atoms with Crippen molar-refractivity contribution in [2.45, 2.75) is 0 Å². The van der Waals surface area contributed by atoms with E-state index in [4.69, 9.17) is 15.2 Å². The molecule has 100 valence electrons. The second-order valence-corrected chi connectivity index (χ2v) is 4.24. The van der Waals surface area contributed by atoms with Gasteiger partial charge in [-0.3, -0.25) is 0 Å². The number of nitrogens with zero attached hydrogens (tertiary/aromatic N) is 2. The molecule has 0 spiro atoms. The van der Waals surface area contributed by atoms with Gasteiger partial charge in [-0.1, -0.05) is 18.2 Å². The van der Waals surface area contributed by atoms with Crippen LogP contribution >= 0.6 is 0 Å². The van der Waals surface area contributed by atoms with E-state index < -0.39 is 0 Å². The second kappa shape index (κ2) is 5.05. The predicted molar refractivity (Wildman–Crippen MR) is 77.0 cm³/mol. The summed E-state index contributed by atoms with van der Waals surface area (Å²) in [5.74, 6) is 1.58. The molecule has 0 radical (unpaired) electrons. The molecule has 0 atom stereocenters. The van der Waals surface area contributed by atoms with Crippen LogP contribution < -0.4 is 15.2 Å². The van der Waals surface area contributed by atoms with Gasteiger partial charge in [0.2, 0.25) is 5.88 Å². The normalized spacial score (nSPS) is 10.4. The number of hydrogen-bond donors (Lipinski definition) is 1. The maximum atomic E-state index is 5.91. The SMILES string of the molecule is COc1ccc(N)c(Oc2nncc3ccccc23)c1. The highest BCUT2D eigenvalue weighted by atomic mass is 16.5. The number of anilines is 1. The van der Waals surface area contributed by atoms with Crippen LogP contribution in [-0.4, -0.2) is 17.3 Å². The van der Waals surface area contributed by atoms with Crippen LogP contribution in [0.25, 0.3) is 10.8 Å². The van der Waals surface area contributed by atoms with Crippen LogP contribution in [0.15, 0.2) is 48.7 Å². The number of methoxy groups -OCH3 is 1. The van der Waals surface area contributed by atoms with E-state index in [1.165, 1.54) is 0 Å². The zero-order valence-corrected chi connectivity index (χ0v) is 10.9. The first-order valence-electron chi connectivity index (χ1n) is 6.10. The summed E-state index contributed by atoms with van der Waals surface area (Å²) in [5, 5.41) is 9.80. The standard InChI is InChI=1S/C15H13N3O2/c1-19-11-6-7-13(16)14(8-11)20-15-12-5-3-2-4-10(12)9-17-18-15/h2-9H,16H2,1H3. The van der Waals surface area contributed by atoms with Crippen molar-refractivity contribution in [2.75, 3.05) is 12.8 Å². The van der Waals surface area contributed by atoms with Gasteiger partial charge in [-0.15, -0.1) is 5.10 Å². The smallest absolute Gasteiger partial charge is 0.246 e. The summed E-state index contributed by atoms with van der Waals surface area (Å²) in [7, 11) is 1.59. The summed E-state index contributed by atoms with van der Waals surface area (Å²) < 4.78 is 10.9. The molecule has 0 aliphatic heterocycles. The fourth-order valence-corrected chi connectivity index (χ4v) is 1.91. The molecule has 0 amide bonds. The second-order valence-electron chi connectivity index (χ2n) is 4.24. The van der Waals surface area contributed by atoms with E-state index >= 15 is 0 Å². The Hall–Kier alpha value is -2.82. The van der Waals surface area contributed by atoms with Gasteiger partial charge in [0.05, 0.1) is 19.0 Å². The summed E-state index contributed by atoms with van der Waals surface area (Å²) in [5.41, 5.74) is 6.42. The van der Waals surface area contributed by atoms with E-state index in [1.54, 1.807) is 31.5 Å². The van der Waals surface area contributed by atoms with Crippen molar-refractivity contribution in [2.24, 2.45) is 0 Å². The van der Waals surface area contributed by atoms with Gasteiger partial charge >= 0.3 is 0 Å². The minimum Gasteiger partial charge on any atom is -0.497 e. The predicted octanol–water partition coefficient (Wildman–Crippen LogP) is 3.01. The van der Waals surface area contributed by atoms with Gasteiger partial charge in [-0.25, -0.2) is 0 Å². The van der Waals surface area contributed by atoms with Crippen LogP contribution in [0.4, 0.5) is 5.69 Å². The van der Waals surface area contributed by atoms with Crippen molar-refractivity contribution in [3.05, 3.63) is 48.7 Å². The lowest BCUT2D eigenvalue weighted by Gasteiger charge is -2.10. The van der Waals surface area contributed by atoms with Crippen molar-refractivity contribution < 1.29 is 9.47 Å². The zero-order valence-electron chi connectivity index (χ0n) is 10.9. The molecule has 0 saturated heterocycles. The van der Waals surface area contributed by atoms with Gasteiger partial charge in [-0.05, 0) is 18.2 Å². The molecule has 0 unspecified atom stereocenters. The number of benzene rings is 2. The highest BCUT2D eigenvalue weighted by Crippen LogP contribution is 2.32. The third-order valence-corrected chi connectivity index (χ3v) is 2.96. The minimum atomic E-state index is 0.419. The first-order valence-corrected chi connectivity index (χ1v) is 6.10. The Morgan fingerprint density at radius 2 is 1.95 bits per heavy atom. The third-order valence-electron chi connectivity index (χ3n) is 2.96.